The van der Waals surface area contributed by atoms with Gasteiger partial charge in [-0.2, -0.15) is 0 Å². The second kappa shape index (κ2) is 8.71. The van der Waals surface area contributed by atoms with Crippen molar-refractivity contribution in [1.29, 1.82) is 0 Å². The third-order valence-electron chi connectivity index (χ3n) is 4.30. The molecule has 2 N–H and O–H groups in total. The van der Waals surface area contributed by atoms with Crippen LogP contribution in [0.2, 0.25) is 0 Å². The Balaban J connectivity index is 1.68. The van der Waals surface area contributed by atoms with E-state index in [0.29, 0.717) is 11.4 Å². The first kappa shape index (κ1) is 19.6. The van der Waals surface area contributed by atoms with E-state index in [2.05, 4.69) is 10.0 Å². The van der Waals surface area contributed by atoms with Crippen molar-refractivity contribution < 1.29 is 13.2 Å². The number of benzene rings is 3. The van der Waals surface area contributed by atoms with E-state index in [0.717, 1.165) is 17.5 Å². The van der Waals surface area contributed by atoms with E-state index in [-0.39, 0.29) is 17.2 Å². The Bertz CT molecular complexity index is 1050. The molecule has 0 heterocycles. The largest absolute Gasteiger partial charge is 0.326 e. The average molecular weight is 394 g/mol. The topological polar surface area (TPSA) is 75.3 Å². The molecule has 5 nitrogen and oxygen atoms in total. The van der Waals surface area contributed by atoms with Gasteiger partial charge in [0.25, 0.3) is 10.0 Å². The normalized spacial score (nSPS) is 11.0. The fraction of sp³-hybridized carbons (Fsp3) is 0.136. The van der Waals surface area contributed by atoms with Crippen molar-refractivity contribution in [1.82, 2.24) is 0 Å². The number of nitrogens with one attached hydrogen (secondary N) is 2. The molecule has 0 aliphatic carbocycles. The maximum atomic E-state index is 12.6. The van der Waals surface area contributed by atoms with Crippen molar-refractivity contribution in [3.63, 3.8) is 0 Å². The molecule has 0 saturated heterocycles. The molecule has 0 fully saturated rings. The minimum absolute atomic E-state index is 0.138. The van der Waals surface area contributed by atoms with Gasteiger partial charge in [-0.15, -0.1) is 0 Å². The van der Waals surface area contributed by atoms with Gasteiger partial charge < -0.3 is 5.32 Å². The molecule has 0 radical (unpaired) electrons. The number of carbonyl (C=O) groups excluding carboxylic acids is 1. The summed E-state index contributed by atoms with van der Waals surface area (Å²) >= 11 is 0. The summed E-state index contributed by atoms with van der Waals surface area (Å²) in [6.07, 6.45) is 0.987. The van der Waals surface area contributed by atoms with Crippen LogP contribution in [0.25, 0.3) is 0 Å². The van der Waals surface area contributed by atoms with E-state index in [1.165, 1.54) is 12.1 Å². The van der Waals surface area contributed by atoms with Gasteiger partial charge in [0.1, 0.15) is 0 Å². The van der Waals surface area contributed by atoms with Gasteiger partial charge in [0.05, 0.1) is 17.0 Å². The molecule has 0 aliphatic rings. The van der Waals surface area contributed by atoms with Gasteiger partial charge in [0, 0.05) is 5.69 Å². The van der Waals surface area contributed by atoms with Crippen LogP contribution < -0.4 is 10.0 Å². The SMILES string of the molecule is CCc1ccccc1NS(=O)(=O)c1ccc(NC(=O)Cc2ccccc2)cc1. The number of carbonyl (C=O) groups is 1. The zero-order valence-corrected chi connectivity index (χ0v) is 16.4. The maximum Gasteiger partial charge on any atom is 0.261 e. The van der Waals surface area contributed by atoms with Gasteiger partial charge in [-0.3, -0.25) is 9.52 Å². The highest BCUT2D eigenvalue weighted by Gasteiger charge is 2.15. The molecule has 0 spiro atoms. The van der Waals surface area contributed by atoms with Crippen molar-refractivity contribution in [2.75, 3.05) is 10.0 Å². The lowest BCUT2D eigenvalue weighted by molar-refractivity contribution is -0.115. The van der Waals surface area contributed by atoms with Gasteiger partial charge >= 0.3 is 0 Å². The minimum atomic E-state index is -3.70. The molecule has 1 amide bonds. The molecule has 3 aromatic carbocycles. The quantitative estimate of drug-likeness (QED) is 0.630. The highest BCUT2D eigenvalue weighted by molar-refractivity contribution is 7.92. The number of hydrogen-bond acceptors (Lipinski definition) is 3. The summed E-state index contributed by atoms with van der Waals surface area (Å²) in [5.74, 6) is -0.156. The molecule has 3 rings (SSSR count). The number of amides is 1. The molecule has 0 saturated carbocycles. The summed E-state index contributed by atoms with van der Waals surface area (Å²) in [5.41, 5.74) is 2.97. The first-order chi connectivity index (χ1) is 13.5. The summed E-state index contributed by atoms with van der Waals surface area (Å²) in [6, 6.07) is 22.9. The fourth-order valence-electron chi connectivity index (χ4n) is 2.84. The number of para-hydroxylation sites is 1. The lowest BCUT2D eigenvalue weighted by atomic mass is 10.1. The number of anilines is 2. The summed E-state index contributed by atoms with van der Waals surface area (Å²) in [7, 11) is -3.70. The van der Waals surface area contributed by atoms with Crippen LogP contribution >= 0.6 is 0 Å². The predicted molar refractivity (Wildman–Crippen MR) is 112 cm³/mol. The summed E-state index contributed by atoms with van der Waals surface area (Å²) < 4.78 is 27.9. The van der Waals surface area contributed by atoms with Crippen molar-refractivity contribution in [2.24, 2.45) is 0 Å². The average Bonchev–Trinajstić information content (AvgIpc) is 2.69. The van der Waals surface area contributed by atoms with Crippen molar-refractivity contribution in [3.05, 3.63) is 90.0 Å². The lowest BCUT2D eigenvalue weighted by Gasteiger charge is -2.12. The molecule has 0 atom stereocenters. The van der Waals surface area contributed by atoms with E-state index in [1.54, 1.807) is 24.3 Å². The second-order valence-corrected chi connectivity index (χ2v) is 8.03. The Kier molecular flexibility index (Phi) is 6.11. The highest BCUT2D eigenvalue weighted by atomic mass is 32.2. The number of rotatable bonds is 7. The van der Waals surface area contributed by atoms with Crippen LogP contribution in [0.4, 0.5) is 11.4 Å². The van der Waals surface area contributed by atoms with Crippen LogP contribution in [0, 0.1) is 0 Å². The second-order valence-electron chi connectivity index (χ2n) is 6.35. The van der Waals surface area contributed by atoms with E-state index in [1.807, 2.05) is 49.4 Å². The van der Waals surface area contributed by atoms with Gasteiger partial charge in [-0.05, 0) is 47.9 Å². The molecule has 0 aliphatic heterocycles. The Hall–Kier alpha value is -3.12. The van der Waals surface area contributed by atoms with Crippen molar-refractivity contribution in [3.8, 4) is 0 Å². The van der Waals surface area contributed by atoms with E-state index in [4.69, 9.17) is 0 Å². The molecule has 0 bridgehead atoms. The van der Waals surface area contributed by atoms with Gasteiger partial charge in [0.2, 0.25) is 5.91 Å². The molecular weight excluding hydrogens is 372 g/mol. The minimum Gasteiger partial charge on any atom is -0.326 e. The van der Waals surface area contributed by atoms with Crippen LogP contribution in [-0.2, 0) is 27.7 Å². The zero-order valence-electron chi connectivity index (χ0n) is 15.6. The van der Waals surface area contributed by atoms with Crippen LogP contribution in [-0.4, -0.2) is 14.3 Å². The first-order valence-electron chi connectivity index (χ1n) is 9.02. The Morgan fingerprint density at radius 2 is 1.50 bits per heavy atom. The monoisotopic (exact) mass is 394 g/mol. The van der Waals surface area contributed by atoms with E-state index in [9.17, 15) is 13.2 Å². The Morgan fingerprint density at radius 1 is 0.857 bits per heavy atom. The summed E-state index contributed by atoms with van der Waals surface area (Å²) in [4.78, 5) is 12.3. The van der Waals surface area contributed by atoms with Gasteiger partial charge in [-0.25, -0.2) is 8.42 Å². The number of hydrogen-bond donors (Lipinski definition) is 2. The van der Waals surface area contributed by atoms with Crippen LogP contribution in [0.5, 0.6) is 0 Å². The molecule has 144 valence electrons. The predicted octanol–water partition coefficient (Wildman–Crippen LogP) is 4.23. The maximum absolute atomic E-state index is 12.6. The van der Waals surface area contributed by atoms with Crippen LogP contribution in [0.3, 0.4) is 0 Å². The molecular formula is C22H22N2O3S. The molecule has 28 heavy (non-hydrogen) atoms. The van der Waals surface area contributed by atoms with Crippen LogP contribution in [0.15, 0.2) is 83.8 Å². The Labute approximate surface area is 165 Å². The third kappa shape index (κ3) is 4.98. The van der Waals surface area contributed by atoms with E-state index < -0.39 is 10.0 Å². The molecule has 3 aromatic rings. The smallest absolute Gasteiger partial charge is 0.261 e. The third-order valence-corrected chi connectivity index (χ3v) is 5.68. The molecule has 0 aromatic heterocycles. The van der Waals surface area contributed by atoms with Crippen molar-refractivity contribution >= 4 is 27.3 Å². The van der Waals surface area contributed by atoms with Gasteiger partial charge in [-0.1, -0.05) is 55.5 Å². The first-order valence-corrected chi connectivity index (χ1v) is 10.5. The lowest BCUT2D eigenvalue weighted by Crippen LogP contribution is -2.16. The summed E-state index contributed by atoms with van der Waals surface area (Å²) in [6.45, 7) is 1.97. The Morgan fingerprint density at radius 3 is 2.18 bits per heavy atom. The van der Waals surface area contributed by atoms with E-state index >= 15 is 0 Å². The van der Waals surface area contributed by atoms with Gasteiger partial charge in [0.15, 0.2) is 0 Å². The van der Waals surface area contributed by atoms with Crippen molar-refractivity contribution in [2.45, 2.75) is 24.7 Å². The molecule has 0 unspecified atom stereocenters. The highest BCUT2D eigenvalue weighted by Crippen LogP contribution is 2.21. The summed E-state index contributed by atoms with van der Waals surface area (Å²) in [5, 5.41) is 2.78. The fourth-order valence-corrected chi connectivity index (χ4v) is 3.94. The number of aryl methyl sites for hydroxylation is 1. The molecule has 6 heteroatoms. The number of sulfonamides is 1. The van der Waals surface area contributed by atoms with Crippen LogP contribution in [0.1, 0.15) is 18.1 Å². The standard InChI is InChI=1S/C22H22N2O3S/c1-2-18-10-6-7-11-21(18)24-28(26,27)20-14-12-19(13-15-20)23-22(25)16-17-8-4-3-5-9-17/h3-15,24H,2,16H2,1H3,(H,23,25). The zero-order chi connectivity index (χ0) is 20.0.